The second kappa shape index (κ2) is 10.1. The van der Waals surface area contributed by atoms with Crippen LogP contribution >= 0.6 is 0 Å². The van der Waals surface area contributed by atoms with Gasteiger partial charge in [0.1, 0.15) is 0 Å². The summed E-state index contributed by atoms with van der Waals surface area (Å²) >= 11 is 0. The molecule has 146 valence electrons. The highest BCUT2D eigenvalue weighted by atomic mass is 32.2. The van der Waals surface area contributed by atoms with E-state index in [1.54, 1.807) is 13.8 Å². The number of hydrogen-bond acceptors (Lipinski definition) is 7. The Bertz CT molecular complexity index is 766. The molecule has 0 bridgehead atoms. The molecule has 3 N–H and O–H groups in total. The van der Waals surface area contributed by atoms with Gasteiger partial charge in [0.05, 0.1) is 10.6 Å². The highest BCUT2D eigenvalue weighted by Gasteiger charge is 2.18. The summed E-state index contributed by atoms with van der Waals surface area (Å²) in [6.45, 7) is 10.7. The number of ether oxygens (including phenoxy) is 2. The molecule has 0 aliphatic rings. The Labute approximate surface area is 154 Å². The highest BCUT2D eigenvalue weighted by Crippen LogP contribution is 2.22. The molecule has 2 rings (SSSR count). The van der Waals surface area contributed by atoms with Gasteiger partial charge in [-0.25, -0.2) is 13.1 Å². The lowest BCUT2D eigenvalue weighted by Gasteiger charge is -2.09. The molecule has 0 aliphatic carbocycles. The van der Waals surface area contributed by atoms with Crippen molar-refractivity contribution < 1.29 is 22.4 Å². The van der Waals surface area contributed by atoms with E-state index in [0.29, 0.717) is 16.9 Å². The van der Waals surface area contributed by atoms with Gasteiger partial charge in [-0.1, -0.05) is 5.16 Å². The molecule has 26 heavy (non-hydrogen) atoms. The van der Waals surface area contributed by atoms with Gasteiger partial charge < -0.3 is 19.7 Å². The summed E-state index contributed by atoms with van der Waals surface area (Å²) < 4.78 is 41.4. The molecule has 0 aliphatic heterocycles. The summed E-state index contributed by atoms with van der Waals surface area (Å²) in [4.78, 5) is 0.116. The Hall–Kier alpha value is -2.10. The first-order chi connectivity index (χ1) is 12.2. The third kappa shape index (κ3) is 6.66. The van der Waals surface area contributed by atoms with Gasteiger partial charge in [0, 0.05) is 24.5 Å². The molecule has 0 saturated carbocycles. The van der Waals surface area contributed by atoms with Crippen molar-refractivity contribution in [3.05, 3.63) is 35.5 Å². The molecule has 0 radical (unpaired) electrons. The molecule has 0 amide bonds. The van der Waals surface area contributed by atoms with Crippen LogP contribution in [0.2, 0.25) is 0 Å². The maximum absolute atomic E-state index is 12.0. The molecule has 1 heterocycles. The standard InChI is InChI=1S/C11H13N3O3S.C6H14O2/c1-7-8(2)13-17-11(7)14-18(15,16)10-5-3-9(12)4-6-10;1-4-7-6(3)8-5-2/h3-6,14H,12H2,1-2H3;6H,4-5H2,1-3H3. The van der Waals surface area contributed by atoms with Crippen molar-refractivity contribution >= 4 is 21.6 Å². The lowest BCUT2D eigenvalue weighted by molar-refractivity contribution is -0.123. The summed E-state index contributed by atoms with van der Waals surface area (Å²) in [5.41, 5.74) is 7.31. The first-order valence-electron chi connectivity index (χ1n) is 8.25. The van der Waals surface area contributed by atoms with Crippen LogP contribution in [0, 0.1) is 13.8 Å². The van der Waals surface area contributed by atoms with E-state index in [2.05, 4.69) is 9.88 Å². The molecule has 0 fully saturated rings. The Morgan fingerprint density at radius 2 is 1.69 bits per heavy atom. The summed E-state index contributed by atoms with van der Waals surface area (Å²) in [5.74, 6) is 0.129. The number of rotatable bonds is 7. The smallest absolute Gasteiger partial charge is 0.264 e. The second-order valence-corrected chi connectivity index (χ2v) is 7.06. The zero-order valence-electron chi connectivity index (χ0n) is 15.8. The van der Waals surface area contributed by atoms with Gasteiger partial charge >= 0.3 is 0 Å². The molecule has 0 atom stereocenters. The second-order valence-electron chi connectivity index (χ2n) is 5.37. The monoisotopic (exact) mass is 385 g/mol. The van der Waals surface area contributed by atoms with Crippen LogP contribution in [0.3, 0.4) is 0 Å². The fourth-order valence-electron chi connectivity index (χ4n) is 1.86. The first kappa shape index (κ1) is 21.9. The van der Waals surface area contributed by atoms with Crippen molar-refractivity contribution in [3.8, 4) is 0 Å². The van der Waals surface area contributed by atoms with Crippen LogP contribution in [0.25, 0.3) is 0 Å². The number of aryl methyl sites for hydroxylation is 1. The summed E-state index contributed by atoms with van der Waals surface area (Å²) in [6, 6.07) is 5.90. The van der Waals surface area contributed by atoms with Gasteiger partial charge in [0.25, 0.3) is 10.0 Å². The van der Waals surface area contributed by atoms with E-state index in [1.807, 2.05) is 20.8 Å². The van der Waals surface area contributed by atoms with Crippen molar-refractivity contribution in [2.45, 2.75) is 45.8 Å². The Morgan fingerprint density at radius 3 is 2.12 bits per heavy atom. The predicted octanol–water partition coefficient (Wildman–Crippen LogP) is 3.08. The average Bonchev–Trinajstić information content (AvgIpc) is 2.88. The van der Waals surface area contributed by atoms with Gasteiger partial charge in [0.15, 0.2) is 6.29 Å². The predicted molar refractivity (Wildman–Crippen MR) is 100 cm³/mol. The van der Waals surface area contributed by atoms with E-state index < -0.39 is 10.0 Å². The minimum Gasteiger partial charge on any atom is -0.399 e. The quantitative estimate of drug-likeness (QED) is 0.555. The molecule has 1 aromatic carbocycles. The van der Waals surface area contributed by atoms with Crippen molar-refractivity contribution in [1.82, 2.24) is 5.16 Å². The third-order valence-corrected chi connectivity index (χ3v) is 4.72. The first-order valence-corrected chi connectivity index (χ1v) is 9.74. The van der Waals surface area contributed by atoms with Crippen molar-refractivity contribution in [2.24, 2.45) is 0 Å². The van der Waals surface area contributed by atoms with Crippen LogP contribution in [-0.2, 0) is 19.5 Å². The van der Waals surface area contributed by atoms with Crippen LogP contribution < -0.4 is 10.5 Å². The molecule has 8 nitrogen and oxygen atoms in total. The van der Waals surface area contributed by atoms with Gasteiger partial charge in [-0.2, -0.15) is 0 Å². The minimum absolute atomic E-state index is 0.0370. The van der Waals surface area contributed by atoms with Crippen LogP contribution in [0.4, 0.5) is 11.6 Å². The van der Waals surface area contributed by atoms with E-state index in [-0.39, 0.29) is 17.1 Å². The SMILES string of the molecule is CCOC(C)OCC.Cc1noc(NS(=O)(=O)c2ccc(N)cc2)c1C. The van der Waals surface area contributed by atoms with Crippen LogP contribution in [0.15, 0.2) is 33.7 Å². The van der Waals surface area contributed by atoms with Gasteiger partial charge in [0.2, 0.25) is 5.88 Å². The molecular formula is C17H27N3O5S. The summed E-state index contributed by atoms with van der Waals surface area (Å²) in [5, 5.41) is 3.69. The molecule has 1 aromatic heterocycles. The van der Waals surface area contributed by atoms with E-state index in [4.69, 9.17) is 19.7 Å². The maximum Gasteiger partial charge on any atom is 0.264 e. The van der Waals surface area contributed by atoms with Crippen molar-refractivity contribution in [2.75, 3.05) is 23.7 Å². The lowest BCUT2D eigenvalue weighted by atomic mass is 10.3. The van der Waals surface area contributed by atoms with E-state index >= 15 is 0 Å². The summed E-state index contributed by atoms with van der Waals surface area (Å²) in [6.07, 6.45) is -0.0370. The number of hydrogen-bond donors (Lipinski definition) is 2. The van der Waals surface area contributed by atoms with Crippen molar-refractivity contribution in [3.63, 3.8) is 0 Å². The summed E-state index contributed by atoms with van der Waals surface area (Å²) in [7, 11) is -3.68. The number of sulfonamides is 1. The highest BCUT2D eigenvalue weighted by molar-refractivity contribution is 7.92. The average molecular weight is 385 g/mol. The molecular weight excluding hydrogens is 358 g/mol. The minimum atomic E-state index is -3.68. The normalized spacial score (nSPS) is 11.2. The Morgan fingerprint density at radius 1 is 1.15 bits per heavy atom. The number of nitrogens with two attached hydrogens (primary N) is 1. The molecule has 2 aromatic rings. The fraction of sp³-hybridized carbons (Fsp3) is 0.471. The third-order valence-electron chi connectivity index (χ3n) is 3.38. The van der Waals surface area contributed by atoms with E-state index in [9.17, 15) is 8.42 Å². The molecule has 0 saturated heterocycles. The number of nitrogens with zero attached hydrogens (tertiary/aromatic N) is 1. The topological polar surface area (TPSA) is 117 Å². The largest absolute Gasteiger partial charge is 0.399 e. The Balaban J connectivity index is 0.000000359. The number of anilines is 2. The molecule has 9 heteroatoms. The zero-order chi connectivity index (χ0) is 19.7. The maximum atomic E-state index is 12.0. The van der Waals surface area contributed by atoms with Crippen LogP contribution in [0.5, 0.6) is 0 Å². The van der Waals surface area contributed by atoms with Crippen molar-refractivity contribution in [1.29, 1.82) is 0 Å². The van der Waals surface area contributed by atoms with E-state index in [1.165, 1.54) is 24.3 Å². The van der Waals surface area contributed by atoms with E-state index in [0.717, 1.165) is 13.2 Å². The molecule has 0 spiro atoms. The molecule has 0 unspecified atom stereocenters. The Kier molecular flexibility index (Phi) is 8.56. The zero-order valence-corrected chi connectivity index (χ0v) is 16.6. The lowest BCUT2D eigenvalue weighted by Crippen LogP contribution is -2.13. The van der Waals surface area contributed by atoms with Crippen LogP contribution in [-0.4, -0.2) is 33.1 Å². The fourth-order valence-corrected chi connectivity index (χ4v) is 2.90. The number of benzene rings is 1. The number of aromatic nitrogens is 1. The van der Waals surface area contributed by atoms with Crippen LogP contribution in [0.1, 0.15) is 32.0 Å². The van der Waals surface area contributed by atoms with Gasteiger partial charge in [-0.15, -0.1) is 0 Å². The van der Waals surface area contributed by atoms with Gasteiger partial charge in [-0.05, 0) is 58.9 Å². The number of nitrogens with one attached hydrogen (secondary N) is 1. The number of nitrogen functional groups attached to an aromatic ring is 1. The van der Waals surface area contributed by atoms with Gasteiger partial charge in [-0.3, -0.25) is 0 Å².